The van der Waals surface area contributed by atoms with Gasteiger partial charge in [0.1, 0.15) is 11.5 Å². The second-order valence-corrected chi connectivity index (χ2v) is 10.6. The third kappa shape index (κ3) is 4.71. The Morgan fingerprint density at radius 1 is 0.923 bits per heavy atom. The molecule has 9 heteroatoms. The quantitative estimate of drug-likeness (QED) is 0.229. The molecule has 6 aromatic rings. The van der Waals surface area contributed by atoms with E-state index in [0.717, 1.165) is 74.0 Å². The SMILES string of the molecule is Nc1n[nH]c2ccc(-c3ccnc4[nH]c(-c5cc(SCc6ccccc6)nc(N6CCOCC6)c5)cc34)cc12. The van der Waals surface area contributed by atoms with Crippen LogP contribution >= 0.6 is 11.8 Å². The maximum Gasteiger partial charge on any atom is 0.153 e. The first-order valence-electron chi connectivity index (χ1n) is 12.9. The number of benzene rings is 2. The van der Waals surface area contributed by atoms with Gasteiger partial charge in [0.25, 0.3) is 0 Å². The van der Waals surface area contributed by atoms with Crippen molar-refractivity contribution in [1.29, 1.82) is 0 Å². The topological polar surface area (TPSA) is 109 Å². The Hall–Kier alpha value is -4.34. The van der Waals surface area contributed by atoms with Crippen LogP contribution < -0.4 is 10.6 Å². The van der Waals surface area contributed by atoms with Crippen molar-refractivity contribution >= 4 is 45.3 Å². The van der Waals surface area contributed by atoms with E-state index in [-0.39, 0.29) is 0 Å². The largest absolute Gasteiger partial charge is 0.382 e. The molecule has 0 amide bonds. The first-order valence-corrected chi connectivity index (χ1v) is 13.9. The number of pyridine rings is 2. The third-order valence-electron chi connectivity index (χ3n) is 7.10. The van der Waals surface area contributed by atoms with E-state index < -0.39 is 0 Å². The molecule has 0 aliphatic carbocycles. The van der Waals surface area contributed by atoms with Crippen molar-refractivity contribution in [2.45, 2.75) is 10.8 Å². The fraction of sp³-hybridized carbons (Fsp3) is 0.167. The Morgan fingerprint density at radius 3 is 2.67 bits per heavy atom. The minimum atomic E-state index is 0.500. The van der Waals surface area contributed by atoms with Crippen LogP contribution in [0.25, 0.3) is 44.3 Å². The van der Waals surface area contributed by atoms with E-state index in [1.54, 1.807) is 11.8 Å². The number of rotatable bonds is 6. The lowest BCUT2D eigenvalue weighted by molar-refractivity contribution is 0.122. The van der Waals surface area contributed by atoms with Gasteiger partial charge < -0.3 is 20.4 Å². The molecule has 0 saturated carbocycles. The molecule has 5 heterocycles. The zero-order valence-electron chi connectivity index (χ0n) is 21.2. The summed E-state index contributed by atoms with van der Waals surface area (Å²) in [4.78, 5) is 15.5. The summed E-state index contributed by atoms with van der Waals surface area (Å²) in [6.45, 7) is 3.09. The van der Waals surface area contributed by atoms with E-state index in [2.05, 4.69) is 79.7 Å². The summed E-state index contributed by atoms with van der Waals surface area (Å²) >= 11 is 1.75. The Morgan fingerprint density at radius 2 is 1.79 bits per heavy atom. The molecular weight excluding hydrogens is 506 g/mol. The lowest BCUT2D eigenvalue weighted by Gasteiger charge is -2.28. The highest BCUT2D eigenvalue weighted by Gasteiger charge is 2.17. The second-order valence-electron chi connectivity index (χ2n) is 9.60. The molecular formula is C30H27N7OS. The normalized spacial score (nSPS) is 13.9. The van der Waals surface area contributed by atoms with Crippen LogP contribution in [0.4, 0.5) is 11.6 Å². The van der Waals surface area contributed by atoms with Crippen LogP contribution in [-0.4, -0.2) is 51.5 Å². The van der Waals surface area contributed by atoms with Gasteiger partial charge >= 0.3 is 0 Å². The van der Waals surface area contributed by atoms with Crippen LogP contribution in [0.15, 0.2) is 84.0 Å². The van der Waals surface area contributed by atoms with Gasteiger partial charge in [0, 0.05) is 47.1 Å². The van der Waals surface area contributed by atoms with Crippen LogP contribution in [0.3, 0.4) is 0 Å². The summed E-state index contributed by atoms with van der Waals surface area (Å²) in [6, 6.07) is 25.2. The summed E-state index contributed by atoms with van der Waals surface area (Å²) < 4.78 is 5.59. The van der Waals surface area contributed by atoms with Gasteiger partial charge in [-0.3, -0.25) is 5.10 Å². The average Bonchev–Trinajstić information content (AvgIpc) is 3.60. The van der Waals surface area contributed by atoms with Crippen molar-refractivity contribution in [3.05, 3.63) is 84.6 Å². The minimum Gasteiger partial charge on any atom is -0.382 e. The summed E-state index contributed by atoms with van der Waals surface area (Å²) in [5, 5.41) is 10.1. The number of anilines is 2. The van der Waals surface area contributed by atoms with Gasteiger partial charge in [0.15, 0.2) is 5.82 Å². The molecule has 39 heavy (non-hydrogen) atoms. The number of morpholine rings is 1. The molecule has 0 atom stereocenters. The van der Waals surface area contributed by atoms with Crippen molar-refractivity contribution in [3.8, 4) is 22.4 Å². The smallest absolute Gasteiger partial charge is 0.153 e. The average molecular weight is 534 g/mol. The number of hydrogen-bond acceptors (Lipinski definition) is 7. The van der Waals surface area contributed by atoms with Gasteiger partial charge in [-0.25, -0.2) is 9.97 Å². The van der Waals surface area contributed by atoms with Gasteiger partial charge in [-0.05, 0) is 53.1 Å². The van der Waals surface area contributed by atoms with Crippen molar-refractivity contribution in [1.82, 2.24) is 25.1 Å². The minimum absolute atomic E-state index is 0.500. The molecule has 1 saturated heterocycles. The number of thioether (sulfide) groups is 1. The molecule has 1 fully saturated rings. The van der Waals surface area contributed by atoms with E-state index in [9.17, 15) is 0 Å². The van der Waals surface area contributed by atoms with E-state index >= 15 is 0 Å². The number of aromatic nitrogens is 5. The van der Waals surface area contributed by atoms with Gasteiger partial charge in [0.05, 0.1) is 23.8 Å². The first-order chi connectivity index (χ1) is 19.2. The van der Waals surface area contributed by atoms with Gasteiger partial charge in [-0.2, -0.15) is 5.10 Å². The van der Waals surface area contributed by atoms with E-state index in [0.29, 0.717) is 19.0 Å². The molecule has 0 unspecified atom stereocenters. The number of H-pyrrole nitrogens is 2. The van der Waals surface area contributed by atoms with Crippen LogP contribution in [0.2, 0.25) is 0 Å². The maximum absolute atomic E-state index is 6.09. The Balaban J connectivity index is 1.29. The fourth-order valence-corrected chi connectivity index (χ4v) is 5.92. The van der Waals surface area contributed by atoms with Crippen molar-refractivity contribution in [2.24, 2.45) is 0 Å². The molecule has 1 aliphatic heterocycles. The number of nitrogens with zero attached hydrogens (tertiary/aromatic N) is 4. The Kier molecular flexibility index (Phi) is 6.14. The standard InChI is InChI=1S/C30H27N7OS/c31-29-24-14-20(6-7-25(24)35-36-29)22-8-9-32-30-23(22)17-26(33-30)21-15-27(37-10-12-38-13-11-37)34-28(16-21)39-18-19-4-2-1-3-5-19/h1-9,14-17H,10-13,18H2,(H,32,33)(H3,31,35,36). The Bertz CT molecular complexity index is 1770. The number of aromatic amines is 2. The zero-order chi connectivity index (χ0) is 26.2. The molecule has 7 rings (SSSR count). The number of nitrogens with one attached hydrogen (secondary N) is 2. The van der Waals surface area contributed by atoms with Crippen LogP contribution in [0, 0.1) is 0 Å². The van der Waals surface area contributed by atoms with Crippen LogP contribution in [-0.2, 0) is 10.5 Å². The predicted octanol–water partition coefficient (Wildman–Crippen LogP) is 5.88. The highest BCUT2D eigenvalue weighted by Crippen LogP contribution is 2.35. The zero-order valence-corrected chi connectivity index (χ0v) is 22.0. The monoisotopic (exact) mass is 533 g/mol. The van der Waals surface area contributed by atoms with E-state index in [1.165, 1.54) is 5.56 Å². The number of nitrogen functional groups attached to an aromatic ring is 1. The lowest BCUT2D eigenvalue weighted by Crippen LogP contribution is -2.36. The van der Waals surface area contributed by atoms with Gasteiger partial charge in [-0.1, -0.05) is 36.4 Å². The molecule has 1 aliphatic rings. The summed E-state index contributed by atoms with van der Waals surface area (Å²) in [6.07, 6.45) is 1.84. The molecule has 4 N–H and O–H groups in total. The Labute approximate surface area is 229 Å². The molecule has 8 nitrogen and oxygen atoms in total. The lowest BCUT2D eigenvalue weighted by atomic mass is 10.0. The van der Waals surface area contributed by atoms with Crippen LogP contribution in [0.1, 0.15) is 5.56 Å². The first kappa shape index (κ1) is 23.8. The van der Waals surface area contributed by atoms with Crippen molar-refractivity contribution in [3.63, 3.8) is 0 Å². The van der Waals surface area contributed by atoms with Gasteiger partial charge in [-0.15, -0.1) is 11.8 Å². The number of nitrogens with two attached hydrogens (primary N) is 1. The molecule has 0 spiro atoms. The number of hydrogen-bond donors (Lipinski definition) is 3. The summed E-state index contributed by atoms with van der Waals surface area (Å²) in [5.41, 5.74) is 13.4. The van der Waals surface area contributed by atoms with Crippen molar-refractivity contribution in [2.75, 3.05) is 36.9 Å². The van der Waals surface area contributed by atoms with Crippen molar-refractivity contribution < 1.29 is 4.74 Å². The number of fused-ring (bicyclic) bond motifs is 2. The highest BCUT2D eigenvalue weighted by atomic mass is 32.2. The second kappa shape index (κ2) is 10.1. The van der Waals surface area contributed by atoms with Crippen LogP contribution in [0.5, 0.6) is 0 Å². The molecule has 4 aromatic heterocycles. The molecule has 0 bridgehead atoms. The molecule has 2 aromatic carbocycles. The number of ether oxygens (including phenoxy) is 1. The maximum atomic E-state index is 6.09. The fourth-order valence-electron chi connectivity index (χ4n) is 5.04. The molecule has 0 radical (unpaired) electrons. The van der Waals surface area contributed by atoms with Gasteiger partial charge in [0.2, 0.25) is 0 Å². The predicted molar refractivity (Wildman–Crippen MR) is 158 cm³/mol. The van der Waals surface area contributed by atoms with E-state index in [4.69, 9.17) is 15.5 Å². The summed E-state index contributed by atoms with van der Waals surface area (Å²) in [7, 11) is 0. The summed E-state index contributed by atoms with van der Waals surface area (Å²) in [5.74, 6) is 2.33. The molecule has 194 valence electrons. The van der Waals surface area contributed by atoms with E-state index in [1.807, 2.05) is 24.4 Å². The third-order valence-corrected chi connectivity index (χ3v) is 8.08. The highest BCUT2D eigenvalue weighted by molar-refractivity contribution is 7.98.